The Kier molecular flexibility index (Phi) is 8.53. The van der Waals surface area contributed by atoms with Gasteiger partial charge < -0.3 is 9.13 Å². The Labute approximate surface area is 360 Å². The molecule has 0 atom stereocenters. The second kappa shape index (κ2) is 14.8. The minimum atomic E-state index is 1.15. The summed E-state index contributed by atoms with van der Waals surface area (Å²) in [5.74, 6) is 0. The third-order valence-corrected chi connectivity index (χ3v) is 12.5. The van der Waals surface area contributed by atoms with Crippen LogP contribution >= 0.6 is 0 Å². The number of rotatable bonds is 7. The van der Waals surface area contributed by atoms with Gasteiger partial charge in [0.1, 0.15) is 0 Å². The van der Waals surface area contributed by atoms with E-state index in [-0.39, 0.29) is 0 Å². The predicted octanol–water partition coefficient (Wildman–Crippen LogP) is 16.2. The monoisotopic (exact) mass is 788 g/mol. The highest BCUT2D eigenvalue weighted by atomic mass is 15.0. The molecule has 0 spiro atoms. The van der Waals surface area contributed by atoms with Crippen molar-refractivity contribution in [1.29, 1.82) is 0 Å². The topological polar surface area (TPSA) is 9.86 Å². The Bertz CT molecular complexity index is 3580. The van der Waals surface area contributed by atoms with Crippen molar-refractivity contribution in [3.05, 3.63) is 243 Å². The first kappa shape index (κ1) is 35.7. The largest absolute Gasteiger partial charge is 0.309 e. The molecule has 2 heterocycles. The standard InChI is InChI=1S/C60H40N2/c1-5-15-41(16-6-1)43-25-27-44(28-26-43)48-35-49(46-29-32-54-53-23-13-14-24-57(53)61(59(54)39-46)51-19-9-3-10-20-51)37-50(36-48)47-30-33-55-56-38-45(42-17-7-2-8-18-42)31-34-58(56)62(60(55)40-47)52-21-11-4-12-22-52/h1-40H. The number of aromatic nitrogens is 2. The Morgan fingerprint density at radius 1 is 0.177 bits per heavy atom. The molecule has 0 saturated carbocycles. The van der Waals surface area contributed by atoms with E-state index in [9.17, 15) is 0 Å². The molecule has 0 saturated heterocycles. The Morgan fingerprint density at radius 2 is 0.516 bits per heavy atom. The molecule has 0 fully saturated rings. The van der Waals surface area contributed by atoms with Crippen LogP contribution in [0.4, 0.5) is 0 Å². The summed E-state index contributed by atoms with van der Waals surface area (Å²) in [5, 5.41) is 4.98. The second-order valence-electron chi connectivity index (χ2n) is 16.2. The fraction of sp³-hybridized carbons (Fsp3) is 0. The number of fused-ring (bicyclic) bond motifs is 6. The molecule has 12 aromatic rings. The van der Waals surface area contributed by atoms with E-state index < -0.39 is 0 Å². The first-order chi connectivity index (χ1) is 30.7. The maximum Gasteiger partial charge on any atom is 0.0547 e. The summed E-state index contributed by atoms with van der Waals surface area (Å²) in [5.41, 5.74) is 19.0. The van der Waals surface area contributed by atoms with E-state index in [1.807, 2.05) is 0 Å². The van der Waals surface area contributed by atoms with Crippen molar-refractivity contribution in [3.63, 3.8) is 0 Å². The Morgan fingerprint density at radius 3 is 1.06 bits per heavy atom. The van der Waals surface area contributed by atoms with E-state index in [0.717, 1.165) is 11.4 Å². The molecule has 62 heavy (non-hydrogen) atoms. The van der Waals surface area contributed by atoms with Crippen LogP contribution < -0.4 is 0 Å². The van der Waals surface area contributed by atoms with Crippen molar-refractivity contribution in [1.82, 2.24) is 9.13 Å². The zero-order valence-corrected chi connectivity index (χ0v) is 34.0. The first-order valence-electron chi connectivity index (χ1n) is 21.3. The van der Waals surface area contributed by atoms with E-state index in [1.165, 1.54) is 99.2 Å². The highest BCUT2D eigenvalue weighted by Gasteiger charge is 2.18. The summed E-state index contributed by atoms with van der Waals surface area (Å²) in [6.45, 7) is 0. The molecule has 0 aliphatic heterocycles. The molecular weight excluding hydrogens is 749 g/mol. The lowest BCUT2D eigenvalue weighted by Crippen LogP contribution is -1.94. The van der Waals surface area contributed by atoms with E-state index in [2.05, 4.69) is 252 Å². The van der Waals surface area contributed by atoms with Crippen molar-refractivity contribution in [3.8, 4) is 67.0 Å². The van der Waals surface area contributed by atoms with Crippen LogP contribution in [-0.2, 0) is 0 Å². The lowest BCUT2D eigenvalue weighted by molar-refractivity contribution is 1.18. The molecule has 12 rings (SSSR count). The quantitative estimate of drug-likeness (QED) is 0.152. The zero-order valence-electron chi connectivity index (χ0n) is 34.0. The zero-order chi connectivity index (χ0) is 41.0. The molecule has 2 nitrogen and oxygen atoms in total. The maximum atomic E-state index is 2.42. The van der Waals surface area contributed by atoms with Gasteiger partial charge in [0.05, 0.1) is 22.1 Å². The van der Waals surface area contributed by atoms with E-state index in [1.54, 1.807) is 0 Å². The van der Waals surface area contributed by atoms with Gasteiger partial charge in [0.15, 0.2) is 0 Å². The van der Waals surface area contributed by atoms with Crippen LogP contribution in [0, 0.1) is 0 Å². The van der Waals surface area contributed by atoms with Gasteiger partial charge in [0, 0.05) is 32.9 Å². The van der Waals surface area contributed by atoms with Crippen molar-refractivity contribution in [2.24, 2.45) is 0 Å². The summed E-state index contributed by atoms with van der Waals surface area (Å²) in [6.07, 6.45) is 0. The average molecular weight is 789 g/mol. The summed E-state index contributed by atoms with van der Waals surface area (Å²) >= 11 is 0. The van der Waals surface area contributed by atoms with Gasteiger partial charge >= 0.3 is 0 Å². The fourth-order valence-corrected chi connectivity index (χ4v) is 9.48. The van der Waals surface area contributed by atoms with Crippen molar-refractivity contribution >= 4 is 43.6 Å². The molecule has 0 radical (unpaired) electrons. The van der Waals surface area contributed by atoms with Gasteiger partial charge in [-0.15, -0.1) is 0 Å². The van der Waals surface area contributed by atoms with Crippen LogP contribution in [0.2, 0.25) is 0 Å². The molecule has 2 heteroatoms. The summed E-state index contributed by atoms with van der Waals surface area (Å²) in [7, 11) is 0. The molecule has 0 unspecified atom stereocenters. The van der Waals surface area contributed by atoms with E-state index in [0.29, 0.717) is 0 Å². The van der Waals surface area contributed by atoms with E-state index >= 15 is 0 Å². The number of benzene rings is 10. The molecule has 0 N–H and O–H groups in total. The van der Waals surface area contributed by atoms with Gasteiger partial charge in [-0.3, -0.25) is 0 Å². The fourth-order valence-electron chi connectivity index (χ4n) is 9.48. The van der Waals surface area contributed by atoms with Crippen LogP contribution in [0.1, 0.15) is 0 Å². The summed E-state index contributed by atoms with van der Waals surface area (Å²) in [6, 6.07) is 88.6. The van der Waals surface area contributed by atoms with Crippen LogP contribution in [0.25, 0.3) is 111 Å². The Hall–Kier alpha value is -8.20. The summed E-state index contributed by atoms with van der Waals surface area (Å²) < 4.78 is 4.83. The number of nitrogens with zero attached hydrogens (tertiary/aromatic N) is 2. The first-order valence-corrected chi connectivity index (χ1v) is 21.3. The molecular formula is C60H40N2. The van der Waals surface area contributed by atoms with Gasteiger partial charge in [-0.05, 0) is 128 Å². The third-order valence-electron chi connectivity index (χ3n) is 12.5. The average Bonchev–Trinajstić information content (AvgIpc) is 3.86. The van der Waals surface area contributed by atoms with Crippen molar-refractivity contribution < 1.29 is 0 Å². The lowest BCUT2D eigenvalue weighted by Gasteiger charge is -2.14. The minimum Gasteiger partial charge on any atom is -0.309 e. The molecule has 290 valence electrons. The van der Waals surface area contributed by atoms with Gasteiger partial charge in [0.25, 0.3) is 0 Å². The molecule has 2 aromatic heterocycles. The summed E-state index contributed by atoms with van der Waals surface area (Å²) in [4.78, 5) is 0. The maximum absolute atomic E-state index is 2.42. The Balaban J connectivity index is 1.07. The smallest absolute Gasteiger partial charge is 0.0547 e. The van der Waals surface area contributed by atoms with Gasteiger partial charge in [-0.2, -0.15) is 0 Å². The number of hydrogen-bond acceptors (Lipinski definition) is 0. The van der Waals surface area contributed by atoms with Crippen LogP contribution in [0.15, 0.2) is 243 Å². The predicted molar refractivity (Wildman–Crippen MR) is 262 cm³/mol. The second-order valence-corrected chi connectivity index (χ2v) is 16.2. The third kappa shape index (κ3) is 6.12. The highest BCUT2D eigenvalue weighted by Crippen LogP contribution is 2.41. The van der Waals surface area contributed by atoms with Gasteiger partial charge in [-0.1, -0.05) is 170 Å². The number of para-hydroxylation sites is 3. The molecule has 0 amide bonds. The minimum absolute atomic E-state index is 1.15. The van der Waals surface area contributed by atoms with Gasteiger partial charge in [0.2, 0.25) is 0 Å². The van der Waals surface area contributed by atoms with Crippen LogP contribution in [0.3, 0.4) is 0 Å². The SMILES string of the molecule is c1ccc(-c2ccc(-c3cc(-c4ccc5c6ccccc6n(-c6ccccc6)c5c4)cc(-c4ccc5c6cc(-c7ccccc7)ccc6n(-c6ccccc6)c5c4)c3)cc2)cc1. The molecule has 0 aliphatic rings. The highest BCUT2D eigenvalue weighted by molar-refractivity contribution is 6.12. The number of hydrogen-bond donors (Lipinski definition) is 0. The lowest BCUT2D eigenvalue weighted by atomic mass is 9.92. The molecule has 0 aliphatic carbocycles. The van der Waals surface area contributed by atoms with Gasteiger partial charge in [-0.25, -0.2) is 0 Å². The molecule has 0 bridgehead atoms. The van der Waals surface area contributed by atoms with E-state index in [4.69, 9.17) is 0 Å². The van der Waals surface area contributed by atoms with Crippen molar-refractivity contribution in [2.75, 3.05) is 0 Å². The molecule has 10 aromatic carbocycles. The normalized spacial score (nSPS) is 11.5. The van der Waals surface area contributed by atoms with Crippen molar-refractivity contribution in [2.45, 2.75) is 0 Å². The van der Waals surface area contributed by atoms with Crippen LogP contribution in [0.5, 0.6) is 0 Å². The van der Waals surface area contributed by atoms with Crippen LogP contribution in [-0.4, -0.2) is 9.13 Å².